The first kappa shape index (κ1) is 20.2. The fourth-order valence-corrected chi connectivity index (χ4v) is 4.26. The number of furan rings is 1. The molecule has 5 nitrogen and oxygen atoms in total. The van der Waals surface area contributed by atoms with Crippen molar-refractivity contribution in [2.75, 3.05) is 11.5 Å². The van der Waals surface area contributed by atoms with Gasteiger partial charge in [-0.05, 0) is 54.8 Å². The van der Waals surface area contributed by atoms with Gasteiger partial charge in [-0.1, -0.05) is 42.5 Å². The number of thiazole rings is 1. The zero-order chi connectivity index (χ0) is 20.9. The second kappa shape index (κ2) is 9.13. The van der Waals surface area contributed by atoms with Crippen molar-refractivity contribution in [1.29, 1.82) is 0 Å². The average molecular weight is 421 g/mol. The van der Waals surface area contributed by atoms with E-state index in [9.17, 15) is 4.79 Å². The van der Waals surface area contributed by atoms with Gasteiger partial charge in [0.2, 0.25) is 5.91 Å². The standard InChI is InChI=1S/C24H24N2O3S/c1-3-17-7-9-18(10-8-17)14-23(27)26(16-20-6-5-13-29-20)24-25-21-12-11-19(28-4-2)15-22(21)30-24/h5-13,15H,3-4,14,16H2,1-2H3. The van der Waals surface area contributed by atoms with E-state index in [2.05, 4.69) is 19.1 Å². The molecule has 0 N–H and O–H groups in total. The maximum absolute atomic E-state index is 13.3. The molecule has 0 saturated carbocycles. The largest absolute Gasteiger partial charge is 0.494 e. The second-order valence-electron chi connectivity index (χ2n) is 6.97. The number of benzene rings is 2. The number of aryl methyl sites for hydroxylation is 1. The molecular weight excluding hydrogens is 396 g/mol. The number of rotatable bonds is 8. The average Bonchev–Trinajstić information content (AvgIpc) is 3.42. The molecule has 1 amide bonds. The molecule has 6 heteroatoms. The molecule has 154 valence electrons. The number of anilines is 1. The van der Waals surface area contributed by atoms with E-state index < -0.39 is 0 Å². The number of carbonyl (C=O) groups excluding carboxylic acids is 1. The molecule has 0 unspecified atom stereocenters. The third-order valence-electron chi connectivity index (χ3n) is 4.87. The van der Waals surface area contributed by atoms with E-state index in [0.29, 0.717) is 24.7 Å². The molecule has 0 spiro atoms. The lowest BCUT2D eigenvalue weighted by molar-refractivity contribution is -0.118. The van der Waals surface area contributed by atoms with Crippen molar-refractivity contribution < 1.29 is 13.9 Å². The van der Waals surface area contributed by atoms with Crippen LogP contribution in [0.5, 0.6) is 5.75 Å². The summed E-state index contributed by atoms with van der Waals surface area (Å²) < 4.78 is 12.1. The summed E-state index contributed by atoms with van der Waals surface area (Å²) in [6.07, 6.45) is 2.91. The molecule has 0 fully saturated rings. The van der Waals surface area contributed by atoms with Gasteiger partial charge in [0.15, 0.2) is 5.13 Å². The molecule has 0 aliphatic carbocycles. The molecule has 30 heavy (non-hydrogen) atoms. The second-order valence-corrected chi connectivity index (χ2v) is 7.97. The highest BCUT2D eigenvalue weighted by Crippen LogP contribution is 2.32. The Morgan fingerprint density at radius 3 is 2.60 bits per heavy atom. The molecule has 0 aliphatic heterocycles. The Hall–Kier alpha value is -3.12. The van der Waals surface area contributed by atoms with Gasteiger partial charge in [-0.2, -0.15) is 0 Å². The highest BCUT2D eigenvalue weighted by atomic mass is 32.1. The van der Waals surface area contributed by atoms with E-state index in [1.54, 1.807) is 11.2 Å². The van der Waals surface area contributed by atoms with Crippen LogP contribution in [-0.4, -0.2) is 17.5 Å². The molecule has 0 aliphatic rings. The van der Waals surface area contributed by atoms with Gasteiger partial charge in [0.05, 0.1) is 36.1 Å². The Balaban J connectivity index is 1.63. The zero-order valence-corrected chi connectivity index (χ0v) is 17.9. The van der Waals surface area contributed by atoms with Crippen LogP contribution in [0.4, 0.5) is 5.13 Å². The monoisotopic (exact) mass is 420 g/mol. The number of carbonyl (C=O) groups is 1. The number of fused-ring (bicyclic) bond motifs is 1. The number of aromatic nitrogens is 1. The van der Waals surface area contributed by atoms with Crippen LogP contribution in [0.3, 0.4) is 0 Å². The summed E-state index contributed by atoms with van der Waals surface area (Å²) in [7, 11) is 0. The summed E-state index contributed by atoms with van der Waals surface area (Å²) in [6.45, 7) is 5.03. The van der Waals surface area contributed by atoms with Crippen LogP contribution >= 0.6 is 11.3 Å². The van der Waals surface area contributed by atoms with Crippen molar-refractivity contribution in [2.45, 2.75) is 33.2 Å². The van der Waals surface area contributed by atoms with Crippen LogP contribution in [-0.2, 0) is 24.2 Å². The Morgan fingerprint density at radius 1 is 1.10 bits per heavy atom. The number of amides is 1. The lowest BCUT2D eigenvalue weighted by atomic mass is 10.1. The summed E-state index contributed by atoms with van der Waals surface area (Å²) in [5, 5.41) is 0.658. The van der Waals surface area contributed by atoms with Crippen LogP contribution in [0.1, 0.15) is 30.7 Å². The van der Waals surface area contributed by atoms with E-state index in [1.165, 1.54) is 16.9 Å². The molecule has 2 heterocycles. The first-order valence-corrected chi connectivity index (χ1v) is 10.9. The molecule has 2 aromatic carbocycles. The SMILES string of the molecule is CCOc1ccc2nc(N(Cc3ccco3)C(=O)Cc3ccc(CC)cc3)sc2c1. The third-order valence-corrected chi connectivity index (χ3v) is 5.91. The number of nitrogens with zero attached hydrogens (tertiary/aromatic N) is 2. The first-order chi connectivity index (χ1) is 14.7. The molecule has 4 aromatic rings. The van der Waals surface area contributed by atoms with Gasteiger partial charge in [0.1, 0.15) is 11.5 Å². The van der Waals surface area contributed by atoms with Crippen molar-refractivity contribution in [3.63, 3.8) is 0 Å². The normalized spacial score (nSPS) is 11.0. The minimum Gasteiger partial charge on any atom is -0.494 e. The lowest BCUT2D eigenvalue weighted by Gasteiger charge is -2.19. The van der Waals surface area contributed by atoms with E-state index in [1.807, 2.05) is 49.4 Å². The van der Waals surface area contributed by atoms with E-state index in [0.717, 1.165) is 33.7 Å². The van der Waals surface area contributed by atoms with Crippen molar-refractivity contribution in [2.24, 2.45) is 0 Å². The smallest absolute Gasteiger partial charge is 0.233 e. The van der Waals surface area contributed by atoms with Crippen molar-refractivity contribution in [3.05, 3.63) is 77.7 Å². The predicted octanol–water partition coefficient (Wildman–Crippen LogP) is 5.63. The molecule has 0 saturated heterocycles. The van der Waals surface area contributed by atoms with E-state index in [-0.39, 0.29) is 5.91 Å². The molecule has 0 atom stereocenters. The van der Waals surface area contributed by atoms with Gasteiger partial charge >= 0.3 is 0 Å². The summed E-state index contributed by atoms with van der Waals surface area (Å²) >= 11 is 1.48. The predicted molar refractivity (Wildman–Crippen MR) is 120 cm³/mol. The zero-order valence-electron chi connectivity index (χ0n) is 17.1. The molecule has 0 radical (unpaired) electrons. The van der Waals surface area contributed by atoms with Crippen LogP contribution in [0.25, 0.3) is 10.2 Å². The lowest BCUT2D eigenvalue weighted by Crippen LogP contribution is -2.31. The maximum Gasteiger partial charge on any atom is 0.233 e. The highest BCUT2D eigenvalue weighted by Gasteiger charge is 2.22. The van der Waals surface area contributed by atoms with Crippen LogP contribution < -0.4 is 9.64 Å². The van der Waals surface area contributed by atoms with Gasteiger partial charge in [0.25, 0.3) is 0 Å². The van der Waals surface area contributed by atoms with Gasteiger partial charge < -0.3 is 9.15 Å². The van der Waals surface area contributed by atoms with Crippen LogP contribution in [0, 0.1) is 0 Å². The molecule has 4 rings (SSSR count). The summed E-state index contributed by atoms with van der Waals surface area (Å²) in [5.41, 5.74) is 3.10. The fraction of sp³-hybridized carbons (Fsp3) is 0.250. The quantitative estimate of drug-likeness (QED) is 0.371. The Labute approximate surface area is 179 Å². The van der Waals surface area contributed by atoms with Gasteiger partial charge in [-0.3, -0.25) is 9.69 Å². The molecule has 0 bridgehead atoms. The molecular formula is C24H24N2O3S. The van der Waals surface area contributed by atoms with Crippen LogP contribution in [0.15, 0.2) is 65.3 Å². The van der Waals surface area contributed by atoms with Gasteiger partial charge in [0, 0.05) is 0 Å². The minimum atomic E-state index is -0.0141. The topological polar surface area (TPSA) is 55.6 Å². The fourth-order valence-electron chi connectivity index (χ4n) is 3.25. The van der Waals surface area contributed by atoms with E-state index in [4.69, 9.17) is 14.1 Å². The Morgan fingerprint density at radius 2 is 1.90 bits per heavy atom. The van der Waals surface area contributed by atoms with Crippen molar-refractivity contribution in [3.8, 4) is 5.75 Å². The minimum absolute atomic E-state index is 0.0141. The summed E-state index contributed by atoms with van der Waals surface area (Å²) in [6, 6.07) is 17.7. The first-order valence-electron chi connectivity index (χ1n) is 10.1. The van der Waals surface area contributed by atoms with Crippen molar-refractivity contribution >= 4 is 32.6 Å². The van der Waals surface area contributed by atoms with Gasteiger partial charge in [-0.25, -0.2) is 4.98 Å². The van der Waals surface area contributed by atoms with Gasteiger partial charge in [-0.15, -0.1) is 0 Å². The van der Waals surface area contributed by atoms with Crippen molar-refractivity contribution in [1.82, 2.24) is 4.98 Å². The number of hydrogen-bond acceptors (Lipinski definition) is 5. The van der Waals surface area contributed by atoms with Crippen LogP contribution in [0.2, 0.25) is 0 Å². The highest BCUT2D eigenvalue weighted by molar-refractivity contribution is 7.22. The Bertz CT molecular complexity index is 1120. The summed E-state index contributed by atoms with van der Waals surface area (Å²) in [4.78, 5) is 19.7. The molecule has 2 aromatic heterocycles. The number of ether oxygens (including phenoxy) is 1. The third kappa shape index (κ3) is 4.54. The maximum atomic E-state index is 13.3. The number of hydrogen-bond donors (Lipinski definition) is 0. The Kier molecular flexibility index (Phi) is 6.14. The summed E-state index contributed by atoms with van der Waals surface area (Å²) in [5.74, 6) is 1.51. The van der Waals surface area contributed by atoms with E-state index >= 15 is 0 Å².